The highest BCUT2D eigenvalue weighted by Gasteiger charge is 2.08. The molecule has 0 radical (unpaired) electrons. The molecular formula is C15H14BrCl2N. The lowest BCUT2D eigenvalue weighted by Crippen LogP contribution is -2.25. The van der Waals surface area contributed by atoms with Crippen LogP contribution < -0.4 is 5.73 Å². The molecule has 0 saturated heterocycles. The van der Waals surface area contributed by atoms with E-state index in [9.17, 15) is 0 Å². The van der Waals surface area contributed by atoms with Crippen molar-refractivity contribution in [1.82, 2.24) is 0 Å². The molecule has 4 heteroatoms. The summed E-state index contributed by atoms with van der Waals surface area (Å²) < 4.78 is 0.979. The van der Waals surface area contributed by atoms with Crippen LogP contribution in [-0.4, -0.2) is 6.04 Å². The molecule has 1 atom stereocenters. The van der Waals surface area contributed by atoms with Crippen molar-refractivity contribution in [2.45, 2.75) is 18.9 Å². The Morgan fingerprint density at radius 1 is 1.00 bits per heavy atom. The van der Waals surface area contributed by atoms with Gasteiger partial charge in [0.25, 0.3) is 0 Å². The molecule has 0 bridgehead atoms. The zero-order valence-corrected chi connectivity index (χ0v) is 13.3. The lowest BCUT2D eigenvalue weighted by molar-refractivity contribution is 0.665. The van der Waals surface area contributed by atoms with E-state index in [4.69, 9.17) is 28.9 Å². The molecule has 0 aliphatic rings. The van der Waals surface area contributed by atoms with Gasteiger partial charge in [-0.05, 0) is 48.2 Å². The Morgan fingerprint density at radius 2 is 1.68 bits per heavy atom. The van der Waals surface area contributed by atoms with Crippen LogP contribution in [0.5, 0.6) is 0 Å². The second-order valence-corrected chi connectivity index (χ2v) is 6.29. The van der Waals surface area contributed by atoms with Crippen molar-refractivity contribution < 1.29 is 0 Å². The molecule has 100 valence electrons. The first-order chi connectivity index (χ1) is 9.04. The van der Waals surface area contributed by atoms with E-state index in [1.165, 1.54) is 5.56 Å². The summed E-state index contributed by atoms with van der Waals surface area (Å²) in [4.78, 5) is 0. The number of hydrogen-bond donors (Lipinski definition) is 1. The van der Waals surface area contributed by atoms with E-state index in [1.807, 2.05) is 42.5 Å². The Labute approximate surface area is 131 Å². The predicted octanol–water partition coefficient (Wildman–Crippen LogP) is 4.87. The van der Waals surface area contributed by atoms with Crippen molar-refractivity contribution in [1.29, 1.82) is 0 Å². The lowest BCUT2D eigenvalue weighted by Gasteiger charge is -2.13. The fourth-order valence-corrected chi connectivity index (χ4v) is 2.84. The Kier molecular flexibility index (Phi) is 5.28. The van der Waals surface area contributed by atoms with E-state index in [0.717, 1.165) is 32.9 Å². The van der Waals surface area contributed by atoms with Crippen molar-refractivity contribution in [3.05, 3.63) is 68.1 Å². The quantitative estimate of drug-likeness (QED) is 0.828. The smallest absolute Gasteiger partial charge is 0.0449 e. The molecule has 1 unspecified atom stereocenters. The van der Waals surface area contributed by atoms with Crippen LogP contribution in [0.3, 0.4) is 0 Å². The van der Waals surface area contributed by atoms with Crippen LogP contribution in [0.15, 0.2) is 46.9 Å². The second kappa shape index (κ2) is 6.76. The van der Waals surface area contributed by atoms with Crippen LogP contribution in [-0.2, 0) is 12.8 Å². The van der Waals surface area contributed by atoms with Crippen LogP contribution in [0, 0.1) is 0 Å². The summed E-state index contributed by atoms with van der Waals surface area (Å²) in [6.45, 7) is 0. The number of benzene rings is 2. The summed E-state index contributed by atoms with van der Waals surface area (Å²) in [7, 11) is 0. The van der Waals surface area contributed by atoms with Crippen LogP contribution >= 0.6 is 39.1 Å². The Balaban J connectivity index is 2.01. The van der Waals surface area contributed by atoms with E-state index in [2.05, 4.69) is 15.9 Å². The van der Waals surface area contributed by atoms with Crippen molar-refractivity contribution in [3.8, 4) is 0 Å². The minimum atomic E-state index is 0.0415. The van der Waals surface area contributed by atoms with Gasteiger partial charge in [-0.2, -0.15) is 0 Å². The van der Waals surface area contributed by atoms with Crippen molar-refractivity contribution in [2.75, 3.05) is 0 Å². The highest BCUT2D eigenvalue weighted by Crippen LogP contribution is 2.23. The third-order valence-electron chi connectivity index (χ3n) is 2.91. The van der Waals surface area contributed by atoms with Gasteiger partial charge in [-0.25, -0.2) is 0 Å². The van der Waals surface area contributed by atoms with Crippen molar-refractivity contribution >= 4 is 39.1 Å². The molecule has 2 rings (SSSR count). The van der Waals surface area contributed by atoms with Gasteiger partial charge >= 0.3 is 0 Å². The van der Waals surface area contributed by atoms with Gasteiger partial charge < -0.3 is 5.73 Å². The number of halogens is 3. The maximum Gasteiger partial charge on any atom is 0.0449 e. The summed E-state index contributed by atoms with van der Waals surface area (Å²) in [5.74, 6) is 0. The molecule has 0 heterocycles. The lowest BCUT2D eigenvalue weighted by atomic mass is 10.00. The first-order valence-corrected chi connectivity index (χ1v) is 7.53. The normalized spacial score (nSPS) is 12.4. The molecule has 0 aliphatic carbocycles. The summed E-state index contributed by atoms with van der Waals surface area (Å²) >= 11 is 15.4. The molecule has 0 amide bonds. The van der Waals surface area contributed by atoms with E-state index in [0.29, 0.717) is 0 Å². The molecule has 2 N–H and O–H groups in total. The van der Waals surface area contributed by atoms with Crippen LogP contribution in [0.25, 0.3) is 0 Å². The van der Waals surface area contributed by atoms with Crippen LogP contribution in [0.4, 0.5) is 0 Å². The minimum Gasteiger partial charge on any atom is -0.327 e. The molecular weight excluding hydrogens is 345 g/mol. The standard InChI is InChI=1S/C15H14BrCl2N/c16-12-4-3-11(15(18)9-12)8-14(19)7-10-1-5-13(17)6-2-10/h1-6,9,14H,7-8,19H2. The van der Waals surface area contributed by atoms with Crippen LogP contribution in [0.1, 0.15) is 11.1 Å². The second-order valence-electron chi connectivity index (χ2n) is 4.53. The zero-order valence-electron chi connectivity index (χ0n) is 10.2. The summed E-state index contributed by atoms with van der Waals surface area (Å²) in [6.07, 6.45) is 1.57. The van der Waals surface area contributed by atoms with Gasteiger partial charge in [0, 0.05) is 20.6 Å². The average molecular weight is 359 g/mol. The van der Waals surface area contributed by atoms with Crippen LogP contribution in [0.2, 0.25) is 10.0 Å². The van der Waals surface area contributed by atoms with Gasteiger partial charge in [0.15, 0.2) is 0 Å². The molecule has 0 spiro atoms. The van der Waals surface area contributed by atoms with E-state index in [1.54, 1.807) is 0 Å². The molecule has 0 aromatic heterocycles. The largest absolute Gasteiger partial charge is 0.327 e. The average Bonchev–Trinajstić information content (AvgIpc) is 2.36. The topological polar surface area (TPSA) is 26.0 Å². The van der Waals surface area contributed by atoms with Gasteiger partial charge in [0.1, 0.15) is 0 Å². The molecule has 2 aromatic rings. The number of rotatable bonds is 4. The SMILES string of the molecule is NC(Cc1ccc(Cl)cc1)Cc1ccc(Br)cc1Cl. The van der Waals surface area contributed by atoms with Gasteiger partial charge in [-0.1, -0.05) is 57.3 Å². The zero-order chi connectivity index (χ0) is 13.8. The van der Waals surface area contributed by atoms with Crippen molar-refractivity contribution in [2.24, 2.45) is 5.73 Å². The molecule has 19 heavy (non-hydrogen) atoms. The van der Waals surface area contributed by atoms with E-state index < -0.39 is 0 Å². The molecule has 1 nitrogen and oxygen atoms in total. The molecule has 0 aliphatic heterocycles. The van der Waals surface area contributed by atoms with Gasteiger partial charge in [-0.3, -0.25) is 0 Å². The molecule has 2 aromatic carbocycles. The van der Waals surface area contributed by atoms with E-state index >= 15 is 0 Å². The number of nitrogens with two attached hydrogens (primary N) is 1. The Bertz CT molecular complexity index is 555. The first kappa shape index (κ1) is 14.9. The van der Waals surface area contributed by atoms with E-state index in [-0.39, 0.29) is 6.04 Å². The fraction of sp³-hybridized carbons (Fsp3) is 0.200. The monoisotopic (exact) mass is 357 g/mol. The third kappa shape index (κ3) is 4.50. The maximum absolute atomic E-state index is 6.19. The number of hydrogen-bond acceptors (Lipinski definition) is 1. The van der Waals surface area contributed by atoms with Gasteiger partial charge in [0.05, 0.1) is 0 Å². The van der Waals surface area contributed by atoms with Gasteiger partial charge in [-0.15, -0.1) is 0 Å². The maximum atomic E-state index is 6.19. The summed E-state index contributed by atoms with van der Waals surface area (Å²) in [5.41, 5.74) is 8.44. The Morgan fingerprint density at radius 3 is 2.32 bits per heavy atom. The third-order valence-corrected chi connectivity index (χ3v) is 4.01. The predicted molar refractivity (Wildman–Crippen MR) is 86.0 cm³/mol. The fourth-order valence-electron chi connectivity index (χ4n) is 1.97. The highest BCUT2D eigenvalue weighted by atomic mass is 79.9. The van der Waals surface area contributed by atoms with Gasteiger partial charge in [0.2, 0.25) is 0 Å². The molecule has 0 saturated carbocycles. The minimum absolute atomic E-state index is 0.0415. The summed E-state index contributed by atoms with van der Waals surface area (Å²) in [5, 5.41) is 1.49. The summed E-state index contributed by atoms with van der Waals surface area (Å²) in [6, 6.07) is 13.7. The first-order valence-electron chi connectivity index (χ1n) is 5.98. The highest BCUT2D eigenvalue weighted by molar-refractivity contribution is 9.10. The molecule has 0 fully saturated rings. The Hall–Kier alpha value is -0.540. The van der Waals surface area contributed by atoms with Crippen molar-refractivity contribution in [3.63, 3.8) is 0 Å².